The van der Waals surface area contributed by atoms with Gasteiger partial charge < -0.3 is 10.8 Å². The van der Waals surface area contributed by atoms with Gasteiger partial charge in [-0.15, -0.1) is 23.7 Å². The topological polar surface area (TPSA) is 63.3 Å². The maximum Gasteiger partial charge on any atom is 0.172 e. The zero-order chi connectivity index (χ0) is 16.0. The third-order valence-electron chi connectivity index (χ3n) is 4.77. The molecule has 1 saturated carbocycles. The van der Waals surface area contributed by atoms with E-state index in [1.165, 1.54) is 24.1 Å². The summed E-state index contributed by atoms with van der Waals surface area (Å²) in [5.74, 6) is 0.695. The number of ketones is 1. The van der Waals surface area contributed by atoms with E-state index in [4.69, 9.17) is 5.73 Å². The number of carbonyl (C=O) groups excluding carboxylic acids is 1. The molecule has 2 atom stereocenters. The first-order chi connectivity index (χ1) is 10.6. The van der Waals surface area contributed by atoms with Crippen LogP contribution in [-0.4, -0.2) is 23.0 Å². The van der Waals surface area contributed by atoms with E-state index < -0.39 is 5.54 Å². The summed E-state index contributed by atoms with van der Waals surface area (Å²) < 4.78 is 0. The molecule has 1 aliphatic rings. The summed E-state index contributed by atoms with van der Waals surface area (Å²) in [7, 11) is 0. The van der Waals surface area contributed by atoms with Crippen molar-refractivity contribution >= 4 is 29.5 Å². The van der Waals surface area contributed by atoms with Gasteiger partial charge in [-0.05, 0) is 43.7 Å². The normalized spacial score (nSPS) is 23.7. The van der Waals surface area contributed by atoms with Crippen LogP contribution in [0.5, 0.6) is 0 Å². The number of aliphatic hydroxyl groups is 1. The fourth-order valence-electron chi connectivity index (χ4n) is 3.28. The number of rotatable bonds is 9. The molecule has 2 rings (SSSR count). The van der Waals surface area contributed by atoms with Crippen molar-refractivity contribution in [3.8, 4) is 0 Å². The lowest BCUT2D eigenvalue weighted by molar-refractivity contribution is 0.0983. The highest BCUT2D eigenvalue weighted by Crippen LogP contribution is 2.42. The Morgan fingerprint density at radius 2 is 2.09 bits per heavy atom. The molecule has 0 radical (unpaired) electrons. The molecule has 3 N–H and O–H groups in total. The van der Waals surface area contributed by atoms with Gasteiger partial charge >= 0.3 is 0 Å². The number of thiophene rings is 1. The van der Waals surface area contributed by atoms with Crippen molar-refractivity contribution in [3.63, 3.8) is 0 Å². The monoisotopic (exact) mass is 359 g/mol. The molecule has 5 heteroatoms. The van der Waals surface area contributed by atoms with Gasteiger partial charge in [0, 0.05) is 16.8 Å². The van der Waals surface area contributed by atoms with Gasteiger partial charge in [0.15, 0.2) is 5.78 Å². The highest BCUT2D eigenvalue weighted by atomic mass is 35.5. The van der Waals surface area contributed by atoms with Crippen molar-refractivity contribution in [2.75, 3.05) is 6.61 Å². The van der Waals surface area contributed by atoms with Crippen molar-refractivity contribution in [1.29, 1.82) is 0 Å². The molecule has 0 spiro atoms. The molecular weight excluding hydrogens is 330 g/mol. The predicted molar refractivity (Wildman–Crippen MR) is 99.9 cm³/mol. The van der Waals surface area contributed by atoms with E-state index in [0.717, 1.165) is 37.0 Å². The van der Waals surface area contributed by atoms with E-state index >= 15 is 0 Å². The first-order valence-electron chi connectivity index (χ1n) is 8.60. The summed E-state index contributed by atoms with van der Waals surface area (Å²) in [6.45, 7) is 2.26. The molecule has 3 nitrogen and oxygen atoms in total. The van der Waals surface area contributed by atoms with Crippen LogP contribution in [0.4, 0.5) is 0 Å². The Morgan fingerprint density at radius 1 is 1.35 bits per heavy atom. The summed E-state index contributed by atoms with van der Waals surface area (Å²) in [6.07, 6.45) is 9.29. The summed E-state index contributed by atoms with van der Waals surface area (Å²) in [4.78, 5) is 14.4. The predicted octanol–water partition coefficient (Wildman–Crippen LogP) is 4.67. The van der Waals surface area contributed by atoms with Gasteiger partial charge in [-0.2, -0.15) is 0 Å². The molecule has 0 unspecified atom stereocenters. The van der Waals surface area contributed by atoms with Crippen molar-refractivity contribution in [3.05, 3.63) is 21.9 Å². The molecule has 0 saturated heterocycles. The molecule has 1 fully saturated rings. The molecule has 1 aromatic heterocycles. The molecular formula is C18H30ClNO2S. The number of nitrogens with two attached hydrogens (primary N) is 1. The second kappa shape index (κ2) is 9.77. The summed E-state index contributed by atoms with van der Waals surface area (Å²) in [6, 6.07) is 4.06. The van der Waals surface area contributed by atoms with Gasteiger partial charge in [-0.1, -0.05) is 32.6 Å². The Morgan fingerprint density at radius 3 is 2.74 bits per heavy atom. The Hall–Kier alpha value is -0.420. The molecule has 1 aromatic rings. The van der Waals surface area contributed by atoms with Crippen LogP contribution >= 0.6 is 23.7 Å². The van der Waals surface area contributed by atoms with Crippen molar-refractivity contribution in [2.24, 2.45) is 5.73 Å². The number of Topliss-reactive ketones (excluding diaryl/α,β-unsaturated/α-hetero) is 1. The second-order valence-corrected chi connectivity index (χ2v) is 7.86. The zero-order valence-electron chi connectivity index (χ0n) is 14.1. The van der Waals surface area contributed by atoms with E-state index in [2.05, 4.69) is 13.0 Å². The number of halogens is 1. The lowest BCUT2D eigenvalue weighted by Gasteiger charge is -2.20. The number of hydrogen-bond acceptors (Lipinski definition) is 4. The highest BCUT2D eigenvalue weighted by Gasteiger charge is 2.36. The molecule has 0 aliphatic heterocycles. The number of unbranched alkanes of at least 4 members (excludes halogenated alkanes) is 4. The number of carbonyl (C=O) groups is 1. The standard InChI is InChI=1S/C18H29NO2S.ClH/c1-2-3-4-5-6-7-15(21)17-9-8-16(22-17)14-10-11-18(19,12-14)13-20;/h8-9,14,20H,2-7,10-13,19H2,1H3;1H/t14-,18+;/m0./s1. The summed E-state index contributed by atoms with van der Waals surface area (Å²) in [5, 5.41) is 9.37. The van der Waals surface area contributed by atoms with Gasteiger partial charge in [0.05, 0.1) is 11.5 Å². The van der Waals surface area contributed by atoms with Gasteiger partial charge in [-0.3, -0.25) is 4.79 Å². The van der Waals surface area contributed by atoms with Crippen molar-refractivity contribution < 1.29 is 9.90 Å². The van der Waals surface area contributed by atoms with Crippen molar-refractivity contribution in [2.45, 2.75) is 76.2 Å². The average Bonchev–Trinajstić information content (AvgIpc) is 3.14. The molecule has 1 heterocycles. The summed E-state index contributed by atoms with van der Waals surface area (Å²) >= 11 is 1.63. The Labute approximate surface area is 150 Å². The average molecular weight is 360 g/mol. The quantitative estimate of drug-likeness (QED) is 0.497. The summed E-state index contributed by atoms with van der Waals surface area (Å²) in [5.41, 5.74) is 5.73. The lowest BCUT2D eigenvalue weighted by Crippen LogP contribution is -2.40. The van der Waals surface area contributed by atoms with E-state index in [-0.39, 0.29) is 24.8 Å². The Bertz CT molecular complexity index is 491. The van der Waals surface area contributed by atoms with E-state index in [1.54, 1.807) is 11.3 Å². The smallest absolute Gasteiger partial charge is 0.172 e. The van der Waals surface area contributed by atoms with Crippen molar-refractivity contribution in [1.82, 2.24) is 0 Å². The third-order valence-corrected chi connectivity index (χ3v) is 6.06. The minimum absolute atomic E-state index is 0. The van der Waals surface area contributed by atoms with Crippen LogP contribution in [0.15, 0.2) is 12.1 Å². The molecule has 0 bridgehead atoms. The molecule has 0 amide bonds. The Kier molecular flexibility index (Phi) is 8.76. The van der Waals surface area contributed by atoms with Crippen LogP contribution in [0.3, 0.4) is 0 Å². The van der Waals surface area contributed by atoms with Crippen LogP contribution < -0.4 is 5.73 Å². The molecule has 132 valence electrons. The van der Waals surface area contributed by atoms with Crippen LogP contribution in [0.25, 0.3) is 0 Å². The number of aliphatic hydroxyl groups excluding tert-OH is 1. The van der Waals surface area contributed by atoms with Crippen LogP contribution in [-0.2, 0) is 0 Å². The molecule has 0 aromatic carbocycles. The fraction of sp³-hybridized carbons (Fsp3) is 0.722. The van der Waals surface area contributed by atoms with E-state index in [1.807, 2.05) is 6.07 Å². The fourth-order valence-corrected chi connectivity index (χ4v) is 4.39. The van der Waals surface area contributed by atoms with Gasteiger partial charge in [0.25, 0.3) is 0 Å². The van der Waals surface area contributed by atoms with Gasteiger partial charge in [0.2, 0.25) is 0 Å². The number of hydrogen-bond donors (Lipinski definition) is 2. The lowest BCUT2D eigenvalue weighted by atomic mass is 9.98. The SMILES string of the molecule is CCCCCCCC(=O)c1ccc([C@H]2CC[C@](N)(CO)C2)s1.Cl. The minimum atomic E-state index is -0.419. The largest absolute Gasteiger partial charge is 0.394 e. The van der Waals surface area contributed by atoms with E-state index in [0.29, 0.717) is 12.3 Å². The minimum Gasteiger partial charge on any atom is -0.394 e. The van der Waals surface area contributed by atoms with Crippen LogP contribution in [0, 0.1) is 0 Å². The maximum absolute atomic E-state index is 12.2. The van der Waals surface area contributed by atoms with Gasteiger partial charge in [0.1, 0.15) is 0 Å². The highest BCUT2D eigenvalue weighted by molar-refractivity contribution is 7.14. The first-order valence-corrected chi connectivity index (χ1v) is 9.42. The second-order valence-electron chi connectivity index (χ2n) is 6.75. The van der Waals surface area contributed by atoms with Crippen LogP contribution in [0.1, 0.15) is 85.2 Å². The molecule has 1 aliphatic carbocycles. The van der Waals surface area contributed by atoms with Gasteiger partial charge in [-0.25, -0.2) is 0 Å². The maximum atomic E-state index is 12.2. The van der Waals surface area contributed by atoms with Crippen LogP contribution in [0.2, 0.25) is 0 Å². The third kappa shape index (κ3) is 5.86. The first kappa shape index (κ1) is 20.6. The Balaban J connectivity index is 0.00000264. The molecule has 23 heavy (non-hydrogen) atoms. The van der Waals surface area contributed by atoms with E-state index in [9.17, 15) is 9.90 Å². The zero-order valence-corrected chi connectivity index (χ0v) is 15.7.